The van der Waals surface area contributed by atoms with Crippen LogP contribution in [0.15, 0.2) is 54.7 Å². The van der Waals surface area contributed by atoms with E-state index in [-0.39, 0.29) is 31.5 Å². The lowest BCUT2D eigenvalue weighted by molar-refractivity contribution is -0.148. The molecule has 2 aliphatic rings. The van der Waals surface area contributed by atoms with Crippen LogP contribution >= 0.6 is 11.8 Å². The molecule has 2 aromatic carbocycles. The number of carboxylic acids is 1. The molecule has 35 heavy (non-hydrogen) atoms. The van der Waals surface area contributed by atoms with Crippen molar-refractivity contribution in [2.75, 3.05) is 18.2 Å². The van der Waals surface area contributed by atoms with Crippen LogP contribution in [0.3, 0.4) is 0 Å². The van der Waals surface area contributed by atoms with Crippen molar-refractivity contribution in [3.05, 3.63) is 71.5 Å². The van der Waals surface area contributed by atoms with E-state index < -0.39 is 18.1 Å². The summed E-state index contributed by atoms with van der Waals surface area (Å²) >= 11 is 1.40. The van der Waals surface area contributed by atoms with Crippen LogP contribution in [-0.2, 0) is 27.4 Å². The van der Waals surface area contributed by atoms with Gasteiger partial charge in [0.2, 0.25) is 5.91 Å². The Hall–Kier alpha value is -3.86. The number of thioether (sulfide) groups is 1. The first-order chi connectivity index (χ1) is 17.0. The lowest BCUT2D eigenvalue weighted by Gasteiger charge is -2.20. The predicted molar refractivity (Wildman–Crippen MR) is 128 cm³/mol. The Morgan fingerprint density at radius 1 is 1.09 bits per heavy atom. The molecule has 0 radical (unpaired) electrons. The van der Waals surface area contributed by atoms with Gasteiger partial charge in [0.05, 0.1) is 18.6 Å². The van der Waals surface area contributed by atoms with Crippen LogP contribution in [0.2, 0.25) is 0 Å². The molecule has 1 aromatic heterocycles. The smallest absolute Gasteiger partial charge is 0.407 e. The molecule has 2 heterocycles. The summed E-state index contributed by atoms with van der Waals surface area (Å²) in [6.07, 6.45) is 0.969. The van der Waals surface area contributed by atoms with Crippen LogP contribution in [0.5, 0.6) is 0 Å². The van der Waals surface area contributed by atoms with Gasteiger partial charge in [0.25, 0.3) is 0 Å². The molecule has 1 aliphatic carbocycles. The topological polar surface area (TPSA) is 127 Å². The van der Waals surface area contributed by atoms with Gasteiger partial charge in [-0.05, 0) is 22.3 Å². The number of benzene rings is 2. The number of carbonyl (C=O) groups is 3. The van der Waals surface area contributed by atoms with Gasteiger partial charge in [0, 0.05) is 11.7 Å². The summed E-state index contributed by atoms with van der Waals surface area (Å²) in [7, 11) is 0. The van der Waals surface area contributed by atoms with Gasteiger partial charge in [-0.15, -0.1) is 16.9 Å². The Morgan fingerprint density at radius 2 is 1.77 bits per heavy atom. The second-order valence-corrected chi connectivity index (χ2v) is 9.30. The number of nitrogens with zero attached hydrogens (tertiary/aromatic N) is 4. The van der Waals surface area contributed by atoms with Gasteiger partial charge in [-0.3, -0.25) is 4.79 Å². The Kier molecular flexibility index (Phi) is 6.41. The van der Waals surface area contributed by atoms with E-state index in [1.54, 1.807) is 6.20 Å². The normalized spacial score (nSPS) is 16.6. The first-order valence-corrected chi connectivity index (χ1v) is 12.2. The summed E-state index contributed by atoms with van der Waals surface area (Å²) in [5.41, 5.74) is 5.04. The minimum absolute atomic E-state index is 0.0292. The second kappa shape index (κ2) is 9.79. The third-order valence-electron chi connectivity index (χ3n) is 6.13. The second-order valence-electron chi connectivity index (χ2n) is 8.30. The molecule has 1 unspecified atom stereocenters. The zero-order chi connectivity index (χ0) is 24.4. The minimum atomic E-state index is -1.02. The standard InChI is InChI=1S/C24H23N5O5S/c30-22(29-14-35-13-21(29)23(31)32)11-28-10-15(26-27-28)9-25-24(33)34-12-20-18-7-3-1-5-16(18)17-6-2-4-8-19(17)20/h1-8,10,20-21H,9,11-14H2,(H,25,33)(H,31,32). The van der Waals surface area contributed by atoms with Crippen LogP contribution in [0.1, 0.15) is 22.7 Å². The van der Waals surface area contributed by atoms with E-state index >= 15 is 0 Å². The van der Waals surface area contributed by atoms with Crippen LogP contribution in [0.4, 0.5) is 4.79 Å². The summed E-state index contributed by atoms with van der Waals surface area (Å²) in [6, 6.07) is 15.4. The van der Waals surface area contributed by atoms with Crippen molar-refractivity contribution in [3.8, 4) is 11.1 Å². The van der Waals surface area contributed by atoms with Crippen LogP contribution in [-0.4, -0.2) is 67.2 Å². The van der Waals surface area contributed by atoms with Crippen molar-refractivity contribution in [1.29, 1.82) is 0 Å². The quantitative estimate of drug-likeness (QED) is 0.513. The van der Waals surface area contributed by atoms with E-state index in [9.17, 15) is 19.5 Å². The lowest BCUT2D eigenvalue weighted by atomic mass is 9.98. The number of fused-ring (bicyclic) bond motifs is 3. The van der Waals surface area contributed by atoms with Crippen molar-refractivity contribution in [1.82, 2.24) is 25.2 Å². The molecule has 2 amide bonds. The van der Waals surface area contributed by atoms with Crippen molar-refractivity contribution in [2.45, 2.75) is 25.0 Å². The lowest BCUT2D eigenvalue weighted by Crippen LogP contribution is -2.43. The van der Waals surface area contributed by atoms with Crippen molar-refractivity contribution >= 4 is 29.7 Å². The van der Waals surface area contributed by atoms with Crippen molar-refractivity contribution in [2.24, 2.45) is 0 Å². The highest BCUT2D eigenvalue weighted by atomic mass is 32.2. The molecule has 1 fully saturated rings. The number of hydrogen-bond acceptors (Lipinski definition) is 7. The Balaban J connectivity index is 1.13. The van der Waals surface area contributed by atoms with Crippen LogP contribution in [0, 0.1) is 0 Å². The molecule has 1 saturated heterocycles. The summed E-state index contributed by atoms with van der Waals surface area (Å²) in [6.45, 7) is 0.171. The number of carboxylic acid groups (broad SMARTS) is 1. The number of rotatable bonds is 7. The van der Waals surface area contributed by atoms with Crippen molar-refractivity contribution in [3.63, 3.8) is 0 Å². The monoisotopic (exact) mass is 493 g/mol. The summed E-state index contributed by atoms with van der Waals surface area (Å²) in [5.74, 6) is -0.689. The molecule has 5 rings (SSSR count). The molecule has 2 N–H and O–H groups in total. The van der Waals surface area contributed by atoms with E-state index in [4.69, 9.17) is 4.74 Å². The number of amides is 2. The maximum atomic E-state index is 12.5. The third kappa shape index (κ3) is 4.72. The van der Waals surface area contributed by atoms with Gasteiger partial charge in [0.15, 0.2) is 0 Å². The fourth-order valence-corrected chi connectivity index (χ4v) is 5.60. The highest BCUT2D eigenvalue weighted by Gasteiger charge is 2.34. The summed E-state index contributed by atoms with van der Waals surface area (Å²) in [5, 5.41) is 19.8. The third-order valence-corrected chi connectivity index (χ3v) is 7.14. The predicted octanol–water partition coefficient (Wildman–Crippen LogP) is 2.30. The fraction of sp³-hybridized carbons (Fsp3) is 0.292. The molecule has 0 bridgehead atoms. The van der Waals surface area contributed by atoms with E-state index in [0.29, 0.717) is 17.3 Å². The average molecular weight is 494 g/mol. The molecule has 3 aromatic rings. The molecule has 0 spiro atoms. The number of alkyl carbamates (subject to hydrolysis) is 1. The van der Waals surface area contributed by atoms with Gasteiger partial charge >= 0.3 is 12.1 Å². The zero-order valence-corrected chi connectivity index (χ0v) is 19.5. The largest absolute Gasteiger partial charge is 0.480 e. The number of hydrogen-bond donors (Lipinski definition) is 2. The number of nitrogens with one attached hydrogen (secondary N) is 1. The van der Waals surface area contributed by atoms with Gasteiger partial charge in [-0.1, -0.05) is 53.7 Å². The van der Waals surface area contributed by atoms with Gasteiger partial charge in [-0.25, -0.2) is 14.3 Å². The highest BCUT2D eigenvalue weighted by molar-refractivity contribution is 7.99. The van der Waals surface area contributed by atoms with Crippen LogP contribution < -0.4 is 5.32 Å². The molecular formula is C24H23N5O5S. The summed E-state index contributed by atoms with van der Waals surface area (Å²) < 4.78 is 6.84. The maximum absolute atomic E-state index is 12.5. The van der Waals surface area contributed by atoms with Gasteiger partial charge in [0.1, 0.15) is 24.9 Å². The van der Waals surface area contributed by atoms with Crippen molar-refractivity contribution < 1.29 is 24.2 Å². The molecule has 1 aliphatic heterocycles. The average Bonchev–Trinajstić information content (AvgIpc) is 3.59. The van der Waals surface area contributed by atoms with E-state index in [1.807, 2.05) is 24.3 Å². The number of aliphatic carboxylic acids is 1. The molecule has 1 atom stereocenters. The maximum Gasteiger partial charge on any atom is 0.407 e. The van der Waals surface area contributed by atoms with E-state index in [2.05, 4.69) is 39.9 Å². The van der Waals surface area contributed by atoms with Gasteiger partial charge in [-0.2, -0.15) is 0 Å². The SMILES string of the molecule is O=C(NCc1cn(CC(=O)N2CSCC2C(=O)O)nn1)OCC1c2ccccc2-c2ccccc21. The summed E-state index contributed by atoms with van der Waals surface area (Å²) in [4.78, 5) is 37.4. The molecule has 180 valence electrons. The van der Waals surface area contributed by atoms with E-state index in [1.165, 1.54) is 21.3 Å². The Bertz CT molecular complexity index is 1230. The highest BCUT2D eigenvalue weighted by Crippen LogP contribution is 2.44. The number of carbonyl (C=O) groups excluding carboxylic acids is 2. The molecule has 0 saturated carbocycles. The fourth-order valence-electron chi connectivity index (χ4n) is 4.43. The Morgan fingerprint density at radius 3 is 2.46 bits per heavy atom. The number of ether oxygens (including phenoxy) is 1. The van der Waals surface area contributed by atoms with Gasteiger partial charge < -0.3 is 20.1 Å². The first kappa shape index (κ1) is 22.9. The molecule has 11 heteroatoms. The number of aromatic nitrogens is 3. The molecule has 10 nitrogen and oxygen atoms in total. The Labute approximate surface area is 205 Å². The molecular weight excluding hydrogens is 470 g/mol. The van der Waals surface area contributed by atoms with E-state index in [0.717, 1.165) is 22.3 Å². The zero-order valence-electron chi connectivity index (χ0n) is 18.7. The van der Waals surface area contributed by atoms with Crippen LogP contribution in [0.25, 0.3) is 11.1 Å². The minimum Gasteiger partial charge on any atom is -0.480 e. The first-order valence-electron chi connectivity index (χ1n) is 11.1.